The Morgan fingerprint density at radius 2 is 1.84 bits per heavy atom. The first-order chi connectivity index (χ1) is 9.18. The van der Waals surface area contributed by atoms with Crippen LogP contribution in [-0.2, 0) is 6.54 Å². The average molecular weight is 254 g/mol. The summed E-state index contributed by atoms with van der Waals surface area (Å²) in [6, 6.07) is 13.9. The molecule has 1 amide bonds. The van der Waals surface area contributed by atoms with Crippen LogP contribution in [0.2, 0.25) is 0 Å². The maximum absolute atomic E-state index is 12.5. The second-order valence-corrected chi connectivity index (χ2v) is 5.09. The SMILES string of the molecule is Cc1ccc2n1CCN(C(=O)c1ccccc1)[C@H]2C. The molecule has 0 aliphatic carbocycles. The minimum absolute atomic E-state index is 0.123. The number of rotatable bonds is 1. The van der Waals surface area contributed by atoms with E-state index >= 15 is 0 Å². The maximum Gasteiger partial charge on any atom is 0.254 e. The van der Waals surface area contributed by atoms with Crippen LogP contribution in [0.4, 0.5) is 0 Å². The van der Waals surface area contributed by atoms with Crippen molar-refractivity contribution in [2.45, 2.75) is 26.4 Å². The molecule has 1 aliphatic rings. The molecular formula is C16H18N2O. The fraction of sp³-hybridized carbons (Fsp3) is 0.312. The first kappa shape index (κ1) is 12.0. The zero-order chi connectivity index (χ0) is 13.4. The summed E-state index contributed by atoms with van der Waals surface area (Å²) in [4.78, 5) is 14.5. The first-order valence-electron chi connectivity index (χ1n) is 6.70. The van der Waals surface area contributed by atoms with Gasteiger partial charge in [0.2, 0.25) is 0 Å². The number of benzene rings is 1. The molecule has 0 N–H and O–H groups in total. The van der Waals surface area contributed by atoms with Gasteiger partial charge in [0, 0.05) is 30.0 Å². The molecule has 2 heterocycles. The molecule has 2 aromatic rings. The number of amides is 1. The van der Waals surface area contributed by atoms with Crippen LogP contribution in [0.5, 0.6) is 0 Å². The van der Waals surface area contributed by atoms with Gasteiger partial charge in [0.1, 0.15) is 0 Å². The van der Waals surface area contributed by atoms with Crippen LogP contribution in [0.25, 0.3) is 0 Å². The summed E-state index contributed by atoms with van der Waals surface area (Å²) in [5.41, 5.74) is 3.27. The van der Waals surface area contributed by atoms with E-state index in [4.69, 9.17) is 0 Å². The van der Waals surface area contributed by atoms with E-state index in [0.717, 1.165) is 18.7 Å². The second kappa shape index (κ2) is 4.57. The molecule has 0 unspecified atom stereocenters. The molecule has 3 heteroatoms. The van der Waals surface area contributed by atoms with E-state index in [1.165, 1.54) is 11.4 Å². The monoisotopic (exact) mass is 254 g/mol. The van der Waals surface area contributed by atoms with Crippen molar-refractivity contribution in [2.24, 2.45) is 0 Å². The highest BCUT2D eigenvalue weighted by atomic mass is 16.2. The Hall–Kier alpha value is -2.03. The Bertz CT molecular complexity index is 600. The van der Waals surface area contributed by atoms with Crippen molar-refractivity contribution in [2.75, 3.05) is 6.54 Å². The van der Waals surface area contributed by atoms with Gasteiger partial charge >= 0.3 is 0 Å². The van der Waals surface area contributed by atoms with E-state index in [9.17, 15) is 4.79 Å². The Morgan fingerprint density at radius 3 is 2.58 bits per heavy atom. The second-order valence-electron chi connectivity index (χ2n) is 5.09. The average Bonchev–Trinajstić information content (AvgIpc) is 2.82. The van der Waals surface area contributed by atoms with E-state index in [1.54, 1.807) is 0 Å². The first-order valence-corrected chi connectivity index (χ1v) is 6.70. The number of carbonyl (C=O) groups is 1. The summed E-state index contributed by atoms with van der Waals surface area (Å²) >= 11 is 0. The van der Waals surface area contributed by atoms with Crippen LogP contribution in [0, 0.1) is 6.92 Å². The van der Waals surface area contributed by atoms with Gasteiger partial charge in [0.25, 0.3) is 5.91 Å². The Kier molecular flexibility index (Phi) is 2.90. The smallest absolute Gasteiger partial charge is 0.254 e. The van der Waals surface area contributed by atoms with E-state index in [-0.39, 0.29) is 11.9 Å². The van der Waals surface area contributed by atoms with Gasteiger partial charge in [-0.25, -0.2) is 0 Å². The summed E-state index contributed by atoms with van der Waals surface area (Å²) in [5.74, 6) is 0.123. The van der Waals surface area contributed by atoms with Crippen molar-refractivity contribution in [3.05, 3.63) is 59.4 Å². The number of aryl methyl sites for hydroxylation is 1. The van der Waals surface area contributed by atoms with Crippen molar-refractivity contribution >= 4 is 5.91 Å². The van der Waals surface area contributed by atoms with Gasteiger partial charge in [-0.2, -0.15) is 0 Å². The molecular weight excluding hydrogens is 236 g/mol. The molecule has 1 atom stereocenters. The van der Waals surface area contributed by atoms with Crippen molar-refractivity contribution in [3.8, 4) is 0 Å². The van der Waals surface area contributed by atoms with Crippen LogP contribution >= 0.6 is 0 Å². The highest BCUT2D eigenvalue weighted by Crippen LogP contribution is 2.28. The molecule has 0 fully saturated rings. The fourth-order valence-electron chi connectivity index (χ4n) is 2.84. The minimum atomic E-state index is 0.123. The van der Waals surface area contributed by atoms with Crippen molar-refractivity contribution in [1.29, 1.82) is 0 Å². The van der Waals surface area contributed by atoms with Gasteiger partial charge in [-0.05, 0) is 38.1 Å². The van der Waals surface area contributed by atoms with Crippen molar-refractivity contribution in [1.82, 2.24) is 9.47 Å². The largest absolute Gasteiger partial charge is 0.345 e. The summed E-state index contributed by atoms with van der Waals surface area (Å²) in [6.07, 6.45) is 0. The van der Waals surface area contributed by atoms with Crippen LogP contribution in [0.15, 0.2) is 42.5 Å². The van der Waals surface area contributed by atoms with Gasteiger partial charge in [-0.1, -0.05) is 18.2 Å². The lowest BCUT2D eigenvalue weighted by Gasteiger charge is -2.35. The minimum Gasteiger partial charge on any atom is -0.345 e. The van der Waals surface area contributed by atoms with Crippen LogP contribution < -0.4 is 0 Å². The zero-order valence-corrected chi connectivity index (χ0v) is 11.3. The molecule has 3 rings (SSSR count). The number of aromatic nitrogens is 1. The molecule has 0 radical (unpaired) electrons. The molecule has 3 nitrogen and oxygen atoms in total. The van der Waals surface area contributed by atoms with E-state index < -0.39 is 0 Å². The summed E-state index contributed by atoms with van der Waals surface area (Å²) < 4.78 is 2.30. The molecule has 1 aliphatic heterocycles. The summed E-state index contributed by atoms with van der Waals surface area (Å²) in [6.45, 7) is 5.88. The predicted molar refractivity (Wildman–Crippen MR) is 75.1 cm³/mol. The third kappa shape index (κ3) is 1.95. The van der Waals surface area contributed by atoms with Crippen molar-refractivity contribution in [3.63, 3.8) is 0 Å². The summed E-state index contributed by atoms with van der Waals surface area (Å²) in [7, 11) is 0. The number of nitrogens with zero attached hydrogens (tertiary/aromatic N) is 2. The fourth-order valence-corrected chi connectivity index (χ4v) is 2.84. The van der Waals surface area contributed by atoms with Gasteiger partial charge in [-0.15, -0.1) is 0 Å². The molecule has 19 heavy (non-hydrogen) atoms. The lowest BCUT2D eigenvalue weighted by molar-refractivity contribution is 0.0643. The van der Waals surface area contributed by atoms with Gasteiger partial charge in [-0.3, -0.25) is 4.79 Å². The lowest BCUT2D eigenvalue weighted by Crippen LogP contribution is -2.41. The molecule has 98 valence electrons. The highest BCUT2D eigenvalue weighted by Gasteiger charge is 2.28. The number of fused-ring (bicyclic) bond motifs is 1. The Balaban J connectivity index is 1.90. The van der Waals surface area contributed by atoms with Crippen LogP contribution in [0.3, 0.4) is 0 Å². The van der Waals surface area contributed by atoms with Gasteiger partial charge in [0.05, 0.1) is 6.04 Å². The molecule has 0 spiro atoms. The van der Waals surface area contributed by atoms with Gasteiger partial charge in [0.15, 0.2) is 0 Å². The molecule has 0 saturated heterocycles. The van der Waals surface area contributed by atoms with E-state index in [1.807, 2.05) is 35.2 Å². The molecule has 0 saturated carbocycles. The lowest BCUT2D eigenvalue weighted by atomic mass is 10.1. The normalized spacial score (nSPS) is 18.2. The third-order valence-corrected chi connectivity index (χ3v) is 3.97. The number of hydrogen-bond acceptors (Lipinski definition) is 1. The number of carbonyl (C=O) groups excluding carboxylic acids is 1. The quantitative estimate of drug-likeness (QED) is 0.768. The molecule has 1 aromatic heterocycles. The maximum atomic E-state index is 12.5. The van der Waals surface area contributed by atoms with Gasteiger partial charge < -0.3 is 9.47 Å². The highest BCUT2D eigenvalue weighted by molar-refractivity contribution is 5.94. The van der Waals surface area contributed by atoms with E-state index in [2.05, 4.69) is 30.5 Å². The number of hydrogen-bond donors (Lipinski definition) is 0. The molecule has 1 aromatic carbocycles. The van der Waals surface area contributed by atoms with Crippen molar-refractivity contribution < 1.29 is 4.79 Å². The van der Waals surface area contributed by atoms with Crippen LogP contribution in [0.1, 0.15) is 34.7 Å². The van der Waals surface area contributed by atoms with E-state index in [0.29, 0.717) is 0 Å². The standard InChI is InChI=1S/C16H18N2O/c1-12-8-9-15-13(2)18(11-10-17(12)15)16(19)14-6-4-3-5-7-14/h3-9,13H,10-11H2,1-2H3/t13-/m0/s1. The van der Waals surface area contributed by atoms with Crippen LogP contribution in [-0.4, -0.2) is 21.9 Å². The topological polar surface area (TPSA) is 25.2 Å². The summed E-state index contributed by atoms with van der Waals surface area (Å²) in [5, 5.41) is 0. The predicted octanol–water partition coefficient (Wildman–Crippen LogP) is 3.01. The molecule has 0 bridgehead atoms. The Morgan fingerprint density at radius 1 is 1.11 bits per heavy atom. The third-order valence-electron chi connectivity index (χ3n) is 3.97. The Labute approximate surface area is 113 Å². The zero-order valence-electron chi connectivity index (χ0n) is 11.3.